The zero-order chi connectivity index (χ0) is 35.6. The molecular formula is C36H58N2O10. The number of carbonyl (C=O) groups excluding carboxylic acids is 2. The minimum absolute atomic E-state index is 0.0119. The van der Waals surface area contributed by atoms with Gasteiger partial charge in [-0.3, -0.25) is 9.59 Å². The molecule has 0 aromatic rings. The number of piperazine rings is 1. The quantitative estimate of drug-likeness (QED) is 0.0879. The highest BCUT2D eigenvalue weighted by Gasteiger charge is 2.47. The molecule has 0 aliphatic carbocycles. The molecule has 0 saturated carbocycles. The molecule has 2 saturated heterocycles. The van der Waals surface area contributed by atoms with E-state index in [9.17, 15) is 29.7 Å². The van der Waals surface area contributed by atoms with Crippen LogP contribution in [0.4, 0.5) is 4.79 Å². The fourth-order valence-corrected chi connectivity index (χ4v) is 6.47. The van der Waals surface area contributed by atoms with Crippen LogP contribution in [0, 0.1) is 17.8 Å². The average molecular weight is 679 g/mol. The molecule has 0 aromatic heterocycles. The molecular weight excluding hydrogens is 620 g/mol. The first-order valence-corrected chi connectivity index (χ1v) is 17.5. The second-order valence-corrected chi connectivity index (χ2v) is 14.2. The van der Waals surface area contributed by atoms with E-state index in [2.05, 4.69) is 5.32 Å². The second kappa shape index (κ2) is 18.3. The third-order valence-corrected chi connectivity index (χ3v) is 9.76. The number of carbonyl (C=O) groups is 3. The summed E-state index contributed by atoms with van der Waals surface area (Å²) in [6.45, 7) is 12.6. The smallest absolute Gasteiger partial charge is 0.410 e. The fourth-order valence-electron chi connectivity index (χ4n) is 6.47. The topological polar surface area (TPSA) is 178 Å². The van der Waals surface area contributed by atoms with Crippen molar-refractivity contribution in [2.75, 3.05) is 19.6 Å². The van der Waals surface area contributed by atoms with Gasteiger partial charge in [-0.1, -0.05) is 52.0 Å². The van der Waals surface area contributed by atoms with Crippen molar-refractivity contribution in [3.63, 3.8) is 0 Å². The number of esters is 1. The standard InChI is InChI=1S/C36H58N2O10/c1-7-28(40)25(5)34-30(46-34)20-36(6,45)16-8-9-23(3)33-24(4)11-14-29(22(2)10-13-27(39)19-32(43)48-33)47-35(44)38-18-17-37-26(21-38)12-15-31(41)42/h8-9,11,14,16,22,24-30,33-34,37,39-40,45H,7,10,12-13,15,17-21H2,1-6H3,(H,41,42)/b14-11+,16-8+,23-9+/t22-,24-,25+,26+,27+,28-,29-,30+,33+,34?,36-/m0/s1. The highest BCUT2D eigenvalue weighted by Crippen LogP contribution is 2.37. The van der Waals surface area contributed by atoms with Crippen LogP contribution in [-0.2, 0) is 23.8 Å². The van der Waals surface area contributed by atoms with E-state index in [4.69, 9.17) is 19.3 Å². The van der Waals surface area contributed by atoms with Crippen molar-refractivity contribution in [1.29, 1.82) is 0 Å². The molecule has 0 aromatic carbocycles. The molecule has 12 heteroatoms. The number of epoxide rings is 1. The number of nitrogens with one attached hydrogen (secondary N) is 1. The van der Waals surface area contributed by atoms with Gasteiger partial charge in [0.1, 0.15) is 12.2 Å². The molecule has 3 rings (SSSR count). The van der Waals surface area contributed by atoms with Crippen molar-refractivity contribution in [3.8, 4) is 0 Å². The molecule has 0 spiro atoms. The summed E-state index contributed by atoms with van der Waals surface area (Å²) in [5.41, 5.74) is -0.422. The van der Waals surface area contributed by atoms with Gasteiger partial charge in [-0.25, -0.2) is 4.79 Å². The molecule has 0 bridgehead atoms. The number of hydrogen-bond donors (Lipinski definition) is 5. The van der Waals surface area contributed by atoms with Crippen molar-refractivity contribution < 1.29 is 49.0 Å². The number of carboxylic acid groups (broad SMARTS) is 1. The molecule has 1 amide bonds. The van der Waals surface area contributed by atoms with Gasteiger partial charge in [0.25, 0.3) is 0 Å². The highest BCUT2D eigenvalue weighted by molar-refractivity contribution is 5.70. The zero-order valence-electron chi connectivity index (χ0n) is 29.4. The summed E-state index contributed by atoms with van der Waals surface area (Å²) in [5.74, 6) is -1.85. The number of aliphatic hydroxyl groups excluding tert-OH is 2. The summed E-state index contributed by atoms with van der Waals surface area (Å²) < 4.78 is 17.6. The van der Waals surface area contributed by atoms with Crippen molar-refractivity contribution in [3.05, 3.63) is 36.0 Å². The lowest BCUT2D eigenvalue weighted by atomic mass is 9.91. The maximum Gasteiger partial charge on any atom is 0.410 e. The minimum atomic E-state index is -1.15. The second-order valence-electron chi connectivity index (χ2n) is 14.2. The van der Waals surface area contributed by atoms with Crippen LogP contribution in [0.25, 0.3) is 0 Å². The largest absolute Gasteiger partial charge is 0.481 e. The Labute approximate surface area is 285 Å². The van der Waals surface area contributed by atoms with Crippen LogP contribution in [0.3, 0.4) is 0 Å². The summed E-state index contributed by atoms with van der Waals surface area (Å²) in [5, 5.41) is 44.0. The van der Waals surface area contributed by atoms with E-state index in [1.54, 1.807) is 30.1 Å². The lowest BCUT2D eigenvalue weighted by Gasteiger charge is -2.34. The molecule has 11 atom stereocenters. The van der Waals surface area contributed by atoms with E-state index in [1.807, 2.05) is 46.8 Å². The number of amides is 1. The summed E-state index contributed by atoms with van der Waals surface area (Å²) in [6, 6.07) is -0.132. The third-order valence-electron chi connectivity index (χ3n) is 9.76. The third kappa shape index (κ3) is 12.6. The first-order chi connectivity index (χ1) is 22.6. The van der Waals surface area contributed by atoms with Crippen LogP contribution < -0.4 is 5.32 Å². The van der Waals surface area contributed by atoms with E-state index in [0.717, 1.165) is 5.57 Å². The number of rotatable bonds is 12. The predicted molar refractivity (Wildman–Crippen MR) is 180 cm³/mol. The molecule has 48 heavy (non-hydrogen) atoms. The highest BCUT2D eigenvalue weighted by atomic mass is 16.6. The molecule has 1 unspecified atom stereocenters. The SMILES string of the molecule is CC[C@H](O)[C@@H](C)C1O[C@@H]1C[C@@](C)(O)/C=C/C=C(\C)[C@H]1OC(=O)C[C@H](O)CC[C@H](C)[C@@H](OC(=O)N2CCN[C@H](CCC(=O)O)C2)/C=C/[C@@H]1C. The predicted octanol–water partition coefficient (Wildman–Crippen LogP) is 3.73. The summed E-state index contributed by atoms with van der Waals surface area (Å²) in [6.07, 6.45) is 7.73. The van der Waals surface area contributed by atoms with Crippen LogP contribution in [0.5, 0.6) is 0 Å². The maximum atomic E-state index is 13.2. The number of aliphatic hydroxyl groups is 3. The van der Waals surface area contributed by atoms with E-state index < -0.39 is 48.0 Å². The van der Waals surface area contributed by atoms with E-state index in [0.29, 0.717) is 51.7 Å². The van der Waals surface area contributed by atoms with Crippen molar-refractivity contribution in [1.82, 2.24) is 10.2 Å². The zero-order valence-corrected chi connectivity index (χ0v) is 29.4. The van der Waals surface area contributed by atoms with Crippen LogP contribution in [-0.4, -0.2) is 111 Å². The Hall–Kier alpha value is -2.77. The Balaban J connectivity index is 1.70. The van der Waals surface area contributed by atoms with Gasteiger partial charge in [-0.05, 0) is 57.1 Å². The normalized spacial score (nSPS) is 33.8. The Morgan fingerprint density at radius 3 is 2.67 bits per heavy atom. The number of cyclic esters (lactones) is 1. The van der Waals surface area contributed by atoms with Crippen molar-refractivity contribution in [2.24, 2.45) is 17.8 Å². The summed E-state index contributed by atoms with van der Waals surface area (Å²) in [4.78, 5) is 38.7. The van der Waals surface area contributed by atoms with E-state index in [1.165, 1.54) is 0 Å². The Morgan fingerprint density at radius 2 is 1.98 bits per heavy atom. The molecule has 3 aliphatic rings. The first kappa shape index (κ1) is 39.7. The van der Waals surface area contributed by atoms with E-state index >= 15 is 0 Å². The maximum absolute atomic E-state index is 13.2. The molecule has 3 aliphatic heterocycles. The fraction of sp³-hybridized carbons (Fsp3) is 0.750. The summed E-state index contributed by atoms with van der Waals surface area (Å²) >= 11 is 0. The lowest BCUT2D eigenvalue weighted by Crippen LogP contribution is -2.53. The molecule has 5 N–H and O–H groups in total. The minimum Gasteiger partial charge on any atom is -0.481 e. The van der Waals surface area contributed by atoms with Crippen LogP contribution >= 0.6 is 0 Å². The number of carboxylic acids is 1. The molecule has 0 radical (unpaired) electrons. The average Bonchev–Trinajstić information content (AvgIpc) is 3.79. The van der Waals surface area contributed by atoms with Gasteiger partial charge >= 0.3 is 18.0 Å². The monoisotopic (exact) mass is 678 g/mol. The van der Waals surface area contributed by atoms with E-state index in [-0.39, 0.29) is 48.8 Å². The van der Waals surface area contributed by atoms with Crippen LogP contribution in [0.2, 0.25) is 0 Å². The number of allylic oxidation sites excluding steroid dienone is 2. The lowest BCUT2D eigenvalue weighted by molar-refractivity contribution is -0.151. The molecule has 3 heterocycles. The Morgan fingerprint density at radius 1 is 1.25 bits per heavy atom. The molecule has 2 fully saturated rings. The van der Waals surface area contributed by atoms with Crippen LogP contribution in [0.1, 0.15) is 86.5 Å². The van der Waals surface area contributed by atoms with Gasteiger partial charge in [0.15, 0.2) is 0 Å². The summed E-state index contributed by atoms with van der Waals surface area (Å²) in [7, 11) is 0. The van der Waals surface area contributed by atoms with Crippen LogP contribution in [0.15, 0.2) is 36.0 Å². The Bertz CT molecular complexity index is 1170. The number of hydrogen-bond acceptors (Lipinski definition) is 10. The van der Waals surface area contributed by atoms with Gasteiger partial charge in [-0.15, -0.1) is 0 Å². The number of nitrogens with zero attached hydrogens (tertiary/aromatic N) is 1. The van der Waals surface area contributed by atoms with Gasteiger partial charge in [0.05, 0.1) is 36.4 Å². The van der Waals surface area contributed by atoms with Gasteiger partial charge < -0.3 is 44.9 Å². The van der Waals surface area contributed by atoms with Crippen molar-refractivity contribution in [2.45, 2.75) is 135 Å². The number of ether oxygens (including phenoxy) is 3. The first-order valence-electron chi connectivity index (χ1n) is 17.5. The molecule has 12 nitrogen and oxygen atoms in total. The Kier molecular flexibility index (Phi) is 15.1. The van der Waals surface area contributed by atoms with Gasteiger partial charge in [0.2, 0.25) is 0 Å². The number of aliphatic carboxylic acids is 1. The van der Waals surface area contributed by atoms with Crippen molar-refractivity contribution >= 4 is 18.0 Å². The van der Waals surface area contributed by atoms with Gasteiger partial charge in [-0.2, -0.15) is 0 Å². The molecule has 272 valence electrons. The van der Waals surface area contributed by atoms with Gasteiger partial charge in [0, 0.05) is 50.4 Å².